The minimum absolute atomic E-state index is 0.0189. The lowest BCUT2D eigenvalue weighted by molar-refractivity contribution is -0.129. The Morgan fingerprint density at radius 3 is 2.65 bits per heavy atom. The summed E-state index contributed by atoms with van der Waals surface area (Å²) in [6.07, 6.45) is 0.987. The van der Waals surface area contributed by atoms with E-state index in [0.29, 0.717) is 5.82 Å². The number of fused-ring (bicyclic) bond motifs is 2. The van der Waals surface area contributed by atoms with Gasteiger partial charge in [0.1, 0.15) is 29.6 Å². The van der Waals surface area contributed by atoms with Gasteiger partial charge in [-0.1, -0.05) is 0 Å². The maximum atomic E-state index is 15.3. The molecule has 1 N–H and O–H groups in total. The van der Waals surface area contributed by atoms with Crippen LogP contribution in [0.4, 0.5) is 27.9 Å². The number of amides is 1. The minimum Gasteiger partial charge on any atom is -0.479 e. The molecule has 1 fully saturated rings. The lowest BCUT2D eigenvalue weighted by Crippen LogP contribution is -2.38. The molecule has 14 heteroatoms. The summed E-state index contributed by atoms with van der Waals surface area (Å²) in [5.74, 6) is -5.32. The van der Waals surface area contributed by atoms with Crippen LogP contribution in [0, 0.1) is 18.6 Å². The molecule has 1 aliphatic rings. The van der Waals surface area contributed by atoms with Gasteiger partial charge in [0.05, 0.1) is 37.5 Å². The third-order valence-corrected chi connectivity index (χ3v) is 6.40. The first-order chi connectivity index (χ1) is 17.5. The van der Waals surface area contributed by atoms with E-state index in [2.05, 4.69) is 20.4 Å². The SMILES string of the molecule is COc1nc(N[C@@H]2CN(C(C)=O)CC2(F)F)nn2cc(F)c(-c3cc(F)c4nc(C)n(CCF)c4c3)c12. The van der Waals surface area contributed by atoms with E-state index in [1.807, 2.05) is 0 Å². The molecule has 1 saturated heterocycles. The van der Waals surface area contributed by atoms with Crippen molar-refractivity contribution in [1.82, 2.24) is 29.0 Å². The molecule has 0 aliphatic carbocycles. The van der Waals surface area contributed by atoms with Crippen molar-refractivity contribution in [3.05, 3.63) is 35.8 Å². The number of imidazole rings is 1. The molecule has 4 heterocycles. The number of benzene rings is 1. The molecule has 1 amide bonds. The molecule has 0 saturated carbocycles. The number of likely N-dealkylation sites (tertiary alicyclic amines) is 1. The van der Waals surface area contributed by atoms with Crippen LogP contribution < -0.4 is 10.1 Å². The van der Waals surface area contributed by atoms with E-state index in [1.165, 1.54) is 24.7 Å². The predicted molar refractivity (Wildman–Crippen MR) is 124 cm³/mol. The van der Waals surface area contributed by atoms with Crippen molar-refractivity contribution in [3.8, 4) is 17.0 Å². The number of hydrogen-bond acceptors (Lipinski definition) is 6. The summed E-state index contributed by atoms with van der Waals surface area (Å²) >= 11 is 0. The van der Waals surface area contributed by atoms with Gasteiger partial charge in [0, 0.05) is 13.5 Å². The topological polar surface area (TPSA) is 89.6 Å². The highest BCUT2D eigenvalue weighted by atomic mass is 19.3. The number of carbonyl (C=O) groups excluding carboxylic acids is 1. The van der Waals surface area contributed by atoms with E-state index in [-0.39, 0.29) is 52.6 Å². The Hall–Kier alpha value is -3.97. The highest BCUT2D eigenvalue weighted by molar-refractivity contribution is 5.90. The van der Waals surface area contributed by atoms with Crippen LogP contribution in [0.2, 0.25) is 0 Å². The van der Waals surface area contributed by atoms with Gasteiger partial charge < -0.3 is 19.5 Å². The van der Waals surface area contributed by atoms with Crippen LogP contribution in [0.15, 0.2) is 18.3 Å². The molecule has 4 aromatic rings. The quantitative estimate of drug-likeness (QED) is 0.389. The molecule has 5 rings (SSSR count). The van der Waals surface area contributed by atoms with Gasteiger partial charge in [-0.05, 0) is 24.6 Å². The van der Waals surface area contributed by atoms with Crippen molar-refractivity contribution in [2.75, 3.05) is 32.2 Å². The van der Waals surface area contributed by atoms with Crippen LogP contribution in [0.5, 0.6) is 5.88 Å². The second-order valence-corrected chi connectivity index (χ2v) is 8.77. The lowest BCUT2D eigenvalue weighted by atomic mass is 10.1. The molecule has 0 radical (unpaired) electrons. The normalized spacial score (nSPS) is 17.2. The van der Waals surface area contributed by atoms with E-state index >= 15 is 4.39 Å². The van der Waals surface area contributed by atoms with Crippen molar-refractivity contribution in [3.63, 3.8) is 0 Å². The summed E-state index contributed by atoms with van der Waals surface area (Å²) in [7, 11) is 1.26. The number of methoxy groups -OCH3 is 1. The highest BCUT2D eigenvalue weighted by Crippen LogP contribution is 2.37. The Bertz CT molecular complexity index is 1530. The molecule has 1 atom stereocenters. The molecule has 0 unspecified atom stereocenters. The molecule has 0 spiro atoms. The number of aromatic nitrogens is 5. The number of hydrogen-bond donors (Lipinski definition) is 1. The van der Waals surface area contributed by atoms with Crippen LogP contribution in [-0.4, -0.2) is 73.8 Å². The molecule has 196 valence electrons. The van der Waals surface area contributed by atoms with Crippen molar-refractivity contribution in [2.24, 2.45) is 0 Å². The number of aryl methyl sites for hydroxylation is 2. The van der Waals surface area contributed by atoms with Gasteiger partial charge >= 0.3 is 0 Å². The summed E-state index contributed by atoms with van der Waals surface area (Å²) in [4.78, 5) is 20.8. The standard InChI is InChI=1S/C23H22F5N7O2/c1-11-29-19-14(25)6-13(7-16(19)34(11)5-4-24)18-15(26)8-35-20(18)21(37-3)31-22(32-35)30-17-9-33(12(2)36)10-23(17,27)28/h6-8,17H,4-5,9-10H2,1-3H3,(H,30,32)/t17-/m1/s1. The smallest absolute Gasteiger partial charge is 0.286 e. The number of halogens is 5. The second-order valence-electron chi connectivity index (χ2n) is 8.77. The Morgan fingerprint density at radius 1 is 1.24 bits per heavy atom. The van der Waals surface area contributed by atoms with E-state index in [4.69, 9.17) is 4.74 Å². The van der Waals surface area contributed by atoms with E-state index in [9.17, 15) is 22.4 Å². The predicted octanol–water partition coefficient (Wildman–Crippen LogP) is 3.59. The monoisotopic (exact) mass is 523 g/mol. The average Bonchev–Trinajstić information content (AvgIpc) is 3.44. The number of nitrogens with one attached hydrogen (secondary N) is 1. The fourth-order valence-electron chi connectivity index (χ4n) is 4.64. The van der Waals surface area contributed by atoms with Crippen LogP contribution >= 0.6 is 0 Å². The first kappa shape index (κ1) is 24.7. The Balaban J connectivity index is 1.60. The zero-order chi connectivity index (χ0) is 26.6. The third-order valence-electron chi connectivity index (χ3n) is 6.40. The minimum atomic E-state index is -3.25. The first-order valence-corrected chi connectivity index (χ1v) is 11.3. The fourth-order valence-corrected chi connectivity index (χ4v) is 4.64. The number of anilines is 1. The summed E-state index contributed by atoms with van der Waals surface area (Å²) in [6, 6.07) is 1.09. The molecule has 1 aromatic carbocycles. The molecular weight excluding hydrogens is 501 g/mol. The van der Waals surface area contributed by atoms with Crippen LogP contribution in [0.3, 0.4) is 0 Å². The van der Waals surface area contributed by atoms with Crippen molar-refractivity contribution in [1.29, 1.82) is 0 Å². The zero-order valence-corrected chi connectivity index (χ0v) is 20.0. The molecular formula is C23H22F5N7O2. The van der Waals surface area contributed by atoms with Crippen molar-refractivity contribution < 1.29 is 31.5 Å². The van der Waals surface area contributed by atoms with Gasteiger partial charge in [-0.15, -0.1) is 5.10 Å². The van der Waals surface area contributed by atoms with Crippen molar-refractivity contribution >= 4 is 28.4 Å². The van der Waals surface area contributed by atoms with E-state index in [0.717, 1.165) is 21.7 Å². The number of ether oxygens (including phenoxy) is 1. The number of carbonyl (C=O) groups is 1. The Labute approximate surface area is 206 Å². The van der Waals surface area contributed by atoms with Crippen molar-refractivity contribution in [2.45, 2.75) is 32.4 Å². The molecule has 0 bridgehead atoms. The molecule has 1 aliphatic heterocycles. The maximum absolute atomic E-state index is 15.3. The fraction of sp³-hybridized carbons (Fsp3) is 0.391. The van der Waals surface area contributed by atoms with Crippen LogP contribution in [0.1, 0.15) is 12.7 Å². The largest absolute Gasteiger partial charge is 0.479 e. The first-order valence-electron chi connectivity index (χ1n) is 11.3. The van der Waals surface area contributed by atoms with Gasteiger partial charge in [-0.3, -0.25) is 4.79 Å². The molecule has 37 heavy (non-hydrogen) atoms. The summed E-state index contributed by atoms with van der Waals surface area (Å²) in [5, 5.41) is 6.61. The second kappa shape index (κ2) is 8.85. The van der Waals surface area contributed by atoms with Gasteiger partial charge in [0.25, 0.3) is 5.92 Å². The number of alkyl halides is 3. The van der Waals surface area contributed by atoms with Gasteiger partial charge in [-0.2, -0.15) is 4.98 Å². The highest BCUT2D eigenvalue weighted by Gasteiger charge is 2.49. The van der Waals surface area contributed by atoms with Gasteiger partial charge in [0.15, 0.2) is 11.6 Å². The van der Waals surface area contributed by atoms with Gasteiger partial charge in [-0.25, -0.2) is 31.5 Å². The summed E-state index contributed by atoms with van der Waals surface area (Å²) in [6.45, 7) is 1.01. The maximum Gasteiger partial charge on any atom is 0.286 e. The number of rotatable bonds is 6. The molecule has 9 nitrogen and oxygen atoms in total. The van der Waals surface area contributed by atoms with Crippen LogP contribution in [0.25, 0.3) is 27.7 Å². The average molecular weight is 523 g/mol. The number of nitrogens with zero attached hydrogens (tertiary/aromatic N) is 6. The summed E-state index contributed by atoms with van der Waals surface area (Å²) < 4.78 is 80.1. The summed E-state index contributed by atoms with van der Waals surface area (Å²) in [5.41, 5.74) is 0.336. The van der Waals surface area contributed by atoms with E-state index < -0.39 is 42.7 Å². The van der Waals surface area contributed by atoms with Gasteiger partial charge in [0.2, 0.25) is 17.7 Å². The Kier molecular flexibility index (Phi) is 5.91. The lowest BCUT2D eigenvalue weighted by Gasteiger charge is -2.19. The van der Waals surface area contributed by atoms with Crippen LogP contribution in [-0.2, 0) is 11.3 Å². The van der Waals surface area contributed by atoms with E-state index in [1.54, 1.807) is 6.92 Å². The Morgan fingerprint density at radius 2 is 2.00 bits per heavy atom. The molecule has 3 aromatic heterocycles. The third kappa shape index (κ3) is 4.09. The zero-order valence-electron chi connectivity index (χ0n) is 20.0.